The number of amides is 1. The van der Waals surface area contributed by atoms with Crippen molar-refractivity contribution < 1.29 is 26.0 Å². The number of sulfone groups is 2. The van der Waals surface area contributed by atoms with E-state index in [0.717, 1.165) is 18.2 Å². The van der Waals surface area contributed by atoms with Crippen molar-refractivity contribution >= 4 is 31.3 Å². The first-order valence-corrected chi connectivity index (χ1v) is 11.5. The Balaban J connectivity index is 1.88. The summed E-state index contributed by atoms with van der Waals surface area (Å²) in [5.74, 6) is -2.48. The van der Waals surface area contributed by atoms with E-state index in [0.29, 0.717) is 11.3 Å². The van der Waals surface area contributed by atoms with Crippen molar-refractivity contribution in [2.24, 2.45) is 0 Å². The molecule has 1 N–H and O–H groups in total. The van der Waals surface area contributed by atoms with Gasteiger partial charge in [-0.25, -0.2) is 21.2 Å². The monoisotopic (exact) mass is 422 g/mol. The zero-order valence-electron chi connectivity index (χ0n) is 14.4. The van der Waals surface area contributed by atoms with Crippen LogP contribution in [-0.4, -0.2) is 39.5 Å². The topological polar surface area (TPSA) is 121 Å². The van der Waals surface area contributed by atoms with Crippen LogP contribution in [-0.2, 0) is 19.7 Å². The lowest BCUT2D eigenvalue weighted by atomic mass is 10.2. The van der Waals surface area contributed by atoms with Crippen molar-refractivity contribution in [1.82, 2.24) is 0 Å². The van der Waals surface area contributed by atoms with Crippen molar-refractivity contribution in [2.75, 3.05) is 16.8 Å². The van der Waals surface area contributed by atoms with E-state index in [1.165, 1.54) is 24.3 Å². The lowest BCUT2D eigenvalue weighted by molar-refractivity contribution is 0.102. The lowest BCUT2D eigenvalue weighted by Crippen LogP contribution is -2.23. The molecule has 10 heteroatoms. The largest absolute Gasteiger partial charge is 0.322 e. The summed E-state index contributed by atoms with van der Waals surface area (Å²) in [6.45, 7) is 0. The molecule has 1 fully saturated rings. The van der Waals surface area contributed by atoms with Gasteiger partial charge in [-0.05, 0) is 48.9 Å². The van der Waals surface area contributed by atoms with Gasteiger partial charge >= 0.3 is 0 Å². The van der Waals surface area contributed by atoms with Crippen LogP contribution in [0.1, 0.15) is 22.3 Å². The molecule has 7 nitrogen and oxygen atoms in total. The molecule has 1 heterocycles. The molecule has 0 saturated carbocycles. The maximum Gasteiger partial charge on any atom is 0.258 e. The molecule has 0 radical (unpaired) electrons. The second kappa shape index (κ2) is 7.33. The van der Waals surface area contributed by atoms with Gasteiger partial charge in [-0.2, -0.15) is 5.26 Å². The van der Waals surface area contributed by atoms with E-state index in [1.54, 1.807) is 0 Å². The average Bonchev–Trinajstić information content (AvgIpc) is 3.03. The molecule has 0 aliphatic carbocycles. The normalized spacial score (nSPS) is 18.4. The van der Waals surface area contributed by atoms with Crippen LogP contribution in [0.25, 0.3) is 0 Å². The number of nitriles is 1. The summed E-state index contributed by atoms with van der Waals surface area (Å²) in [4.78, 5) is 12.1. The highest BCUT2D eigenvalue weighted by molar-refractivity contribution is 7.96. The number of benzene rings is 2. The SMILES string of the molecule is N#Cc1ccc(NC(=O)c2cc(S(=O)(=O)[C@@H]3CCS(=O)(=O)C3)ccc2F)cc1. The highest BCUT2D eigenvalue weighted by atomic mass is 32.2. The zero-order valence-corrected chi connectivity index (χ0v) is 16.1. The van der Waals surface area contributed by atoms with E-state index in [9.17, 15) is 26.0 Å². The smallest absolute Gasteiger partial charge is 0.258 e. The predicted molar refractivity (Wildman–Crippen MR) is 99.8 cm³/mol. The molecular weight excluding hydrogens is 407 g/mol. The van der Waals surface area contributed by atoms with Gasteiger partial charge in [0.2, 0.25) is 0 Å². The molecule has 2 aromatic rings. The predicted octanol–water partition coefficient (Wildman–Crippen LogP) is 1.91. The molecule has 28 heavy (non-hydrogen) atoms. The second-order valence-electron chi connectivity index (χ2n) is 6.35. The number of halogens is 1. The van der Waals surface area contributed by atoms with Gasteiger partial charge < -0.3 is 5.32 Å². The summed E-state index contributed by atoms with van der Waals surface area (Å²) < 4.78 is 62.7. The van der Waals surface area contributed by atoms with Crippen LogP contribution >= 0.6 is 0 Å². The Hall–Kier alpha value is -2.77. The summed E-state index contributed by atoms with van der Waals surface area (Å²) >= 11 is 0. The van der Waals surface area contributed by atoms with E-state index in [-0.39, 0.29) is 17.1 Å². The van der Waals surface area contributed by atoms with E-state index in [2.05, 4.69) is 5.32 Å². The molecule has 1 saturated heterocycles. The van der Waals surface area contributed by atoms with Gasteiger partial charge in [0.05, 0.1) is 38.8 Å². The van der Waals surface area contributed by atoms with Crippen molar-refractivity contribution in [2.45, 2.75) is 16.6 Å². The molecule has 0 unspecified atom stereocenters. The Bertz CT molecular complexity index is 1180. The van der Waals surface area contributed by atoms with Crippen LogP contribution in [0.4, 0.5) is 10.1 Å². The van der Waals surface area contributed by atoms with Gasteiger partial charge in [0.1, 0.15) is 5.82 Å². The molecule has 2 aromatic carbocycles. The van der Waals surface area contributed by atoms with E-state index < -0.39 is 48.0 Å². The fraction of sp³-hybridized carbons (Fsp3) is 0.222. The Morgan fingerprint density at radius 1 is 1.18 bits per heavy atom. The summed E-state index contributed by atoms with van der Waals surface area (Å²) in [5, 5.41) is 10.1. The highest BCUT2D eigenvalue weighted by Crippen LogP contribution is 2.27. The number of nitrogens with one attached hydrogen (secondary N) is 1. The van der Waals surface area contributed by atoms with Gasteiger partial charge in [0, 0.05) is 5.69 Å². The molecule has 0 aromatic heterocycles. The first-order chi connectivity index (χ1) is 13.1. The van der Waals surface area contributed by atoms with E-state index in [1.807, 2.05) is 6.07 Å². The summed E-state index contributed by atoms with van der Waals surface area (Å²) in [7, 11) is -7.45. The van der Waals surface area contributed by atoms with E-state index >= 15 is 0 Å². The van der Waals surface area contributed by atoms with Crippen molar-refractivity contribution in [1.29, 1.82) is 5.26 Å². The lowest BCUT2D eigenvalue weighted by Gasteiger charge is -2.12. The summed E-state index contributed by atoms with van der Waals surface area (Å²) in [5.41, 5.74) is 0.202. The number of nitrogens with zero attached hydrogens (tertiary/aromatic N) is 1. The number of hydrogen-bond acceptors (Lipinski definition) is 6. The number of carbonyl (C=O) groups excluding carboxylic acids is 1. The van der Waals surface area contributed by atoms with E-state index in [4.69, 9.17) is 5.26 Å². The first-order valence-electron chi connectivity index (χ1n) is 8.18. The van der Waals surface area contributed by atoms with Crippen molar-refractivity contribution in [3.05, 3.63) is 59.4 Å². The number of anilines is 1. The van der Waals surface area contributed by atoms with Gasteiger partial charge in [-0.15, -0.1) is 0 Å². The maximum absolute atomic E-state index is 14.1. The molecule has 1 amide bonds. The van der Waals surface area contributed by atoms with Gasteiger partial charge in [-0.3, -0.25) is 4.79 Å². The highest BCUT2D eigenvalue weighted by Gasteiger charge is 2.38. The third-order valence-corrected chi connectivity index (χ3v) is 8.58. The molecule has 0 spiro atoms. The van der Waals surface area contributed by atoms with Crippen LogP contribution in [0.5, 0.6) is 0 Å². The Kier molecular flexibility index (Phi) is 5.23. The fourth-order valence-corrected chi connectivity index (χ4v) is 7.26. The minimum absolute atomic E-state index is 0.0329. The average molecular weight is 422 g/mol. The third-order valence-electron chi connectivity index (χ3n) is 4.41. The summed E-state index contributed by atoms with van der Waals surface area (Å²) in [6.07, 6.45) is -0.0329. The second-order valence-corrected chi connectivity index (χ2v) is 10.8. The Morgan fingerprint density at radius 2 is 1.86 bits per heavy atom. The molecule has 1 atom stereocenters. The van der Waals surface area contributed by atoms with Crippen LogP contribution in [0.2, 0.25) is 0 Å². The summed E-state index contributed by atoms with van der Waals surface area (Å²) in [6, 6.07) is 10.6. The molecule has 146 valence electrons. The Labute approximate surface area is 161 Å². The van der Waals surface area contributed by atoms with Crippen LogP contribution in [0.15, 0.2) is 47.4 Å². The minimum Gasteiger partial charge on any atom is -0.322 e. The van der Waals surface area contributed by atoms with Crippen LogP contribution in [0.3, 0.4) is 0 Å². The standard InChI is InChI=1S/C18H15FN2O5S2/c19-17-6-5-14(28(25,26)15-7-8-27(23,24)11-15)9-16(17)18(22)21-13-3-1-12(10-20)2-4-13/h1-6,9,15H,7-8,11H2,(H,21,22)/t15-/m1/s1. The molecule has 3 rings (SSSR count). The maximum atomic E-state index is 14.1. The fourth-order valence-electron chi connectivity index (χ4n) is 2.88. The van der Waals surface area contributed by atoms with Crippen molar-refractivity contribution in [3.8, 4) is 6.07 Å². The van der Waals surface area contributed by atoms with Crippen LogP contribution < -0.4 is 5.32 Å². The zero-order chi connectivity index (χ0) is 20.5. The Morgan fingerprint density at radius 3 is 2.43 bits per heavy atom. The molecular formula is C18H15FN2O5S2. The molecule has 1 aliphatic rings. The van der Waals surface area contributed by atoms with Crippen LogP contribution in [0, 0.1) is 17.1 Å². The van der Waals surface area contributed by atoms with Gasteiger partial charge in [0.15, 0.2) is 19.7 Å². The van der Waals surface area contributed by atoms with Gasteiger partial charge in [0.25, 0.3) is 5.91 Å². The minimum atomic E-state index is -4.03. The molecule has 1 aliphatic heterocycles. The quantitative estimate of drug-likeness (QED) is 0.752. The number of hydrogen-bond donors (Lipinski definition) is 1. The van der Waals surface area contributed by atoms with Gasteiger partial charge in [-0.1, -0.05) is 0 Å². The van der Waals surface area contributed by atoms with Crippen molar-refractivity contribution in [3.63, 3.8) is 0 Å². The number of carbonyl (C=O) groups is 1. The first kappa shape index (κ1) is 20.0. The number of rotatable bonds is 4. The third kappa shape index (κ3) is 4.05. The molecule has 0 bridgehead atoms.